The average Bonchev–Trinajstić information content (AvgIpc) is 3.49. The van der Waals surface area contributed by atoms with Crippen molar-refractivity contribution < 1.29 is 23.5 Å². The summed E-state index contributed by atoms with van der Waals surface area (Å²) in [6.07, 6.45) is 1.66. The molecule has 2 aromatic carbocycles. The molecule has 0 unspecified atom stereocenters. The molecule has 36 heavy (non-hydrogen) atoms. The zero-order valence-electron chi connectivity index (χ0n) is 18.7. The lowest BCUT2D eigenvalue weighted by molar-refractivity contribution is -0.119. The second-order valence-corrected chi connectivity index (χ2v) is 9.50. The number of carbonyl (C=O) groups is 3. The molecule has 184 valence electrons. The molecule has 8 nitrogen and oxygen atoms in total. The summed E-state index contributed by atoms with van der Waals surface area (Å²) in [5.74, 6) is -2.22. The van der Waals surface area contributed by atoms with Gasteiger partial charge in [-0.3, -0.25) is 30.1 Å². The van der Waals surface area contributed by atoms with Gasteiger partial charge in [0.15, 0.2) is 5.17 Å². The number of benzene rings is 2. The van der Waals surface area contributed by atoms with Gasteiger partial charge < -0.3 is 4.74 Å². The minimum absolute atomic E-state index is 0.184. The highest BCUT2D eigenvalue weighted by molar-refractivity contribution is 8.14. The molecule has 0 atom stereocenters. The third-order valence-electron chi connectivity index (χ3n) is 4.81. The minimum atomic E-state index is -0.796. The van der Waals surface area contributed by atoms with Gasteiger partial charge in [-0.25, -0.2) is 9.38 Å². The van der Waals surface area contributed by atoms with Gasteiger partial charge >= 0.3 is 0 Å². The van der Waals surface area contributed by atoms with Crippen molar-refractivity contribution in [3.8, 4) is 5.75 Å². The standard InChI is InChI=1S/C24H18ClFN4O4S2/c1-34-20-9-8-14(11-17(20)25)30-23(33)19(12-15-5-4-10-35-15)27-24(30)36-13-21(31)28-29-22(32)16-6-2-3-7-18(16)26/h2-12H,13H2,1H3,(H,28,31)(H,29,32). The highest BCUT2D eigenvalue weighted by Gasteiger charge is 2.33. The van der Waals surface area contributed by atoms with Gasteiger partial charge in [0.05, 0.1) is 29.1 Å². The number of aliphatic imine (C=N–C) groups is 1. The van der Waals surface area contributed by atoms with Crippen LogP contribution in [0.1, 0.15) is 15.2 Å². The molecule has 3 amide bonds. The lowest BCUT2D eigenvalue weighted by Gasteiger charge is -2.18. The van der Waals surface area contributed by atoms with E-state index < -0.39 is 17.6 Å². The Kier molecular flexibility index (Phi) is 8.04. The van der Waals surface area contributed by atoms with Crippen molar-refractivity contribution >= 4 is 69.4 Å². The number of anilines is 1. The topological polar surface area (TPSA) is 100 Å². The molecule has 1 aromatic heterocycles. The SMILES string of the molecule is COc1ccc(N2C(=O)C(=Cc3cccs3)N=C2SCC(=O)NNC(=O)c2ccccc2F)cc1Cl. The number of hydrogen-bond acceptors (Lipinski definition) is 7. The van der Waals surface area contributed by atoms with Crippen LogP contribution < -0.4 is 20.5 Å². The quantitative estimate of drug-likeness (QED) is 0.352. The number of amides is 3. The van der Waals surface area contributed by atoms with Crippen molar-refractivity contribution in [2.75, 3.05) is 17.8 Å². The summed E-state index contributed by atoms with van der Waals surface area (Å²) in [4.78, 5) is 44.3. The van der Waals surface area contributed by atoms with Crippen molar-refractivity contribution in [3.05, 3.63) is 87.0 Å². The smallest absolute Gasteiger partial charge is 0.283 e. The van der Waals surface area contributed by atoms with Gasteiger partial charge in [0.25, 0.3) is 11.8 Å². The number of hydrazine groups is 1. The van der Waals surface area contributed by atoms with E-state index in [9.17, 15) is 18.8 Å². The maximum Gasteiger partial charge on any atom is 0.283 e. The number of methoxy groups -OCH3 is 1. The van der Waals surface area contributed by atoms with E-state index in [1.807, 2.05) is 17.5 Å². The fraction of sp³-hybridized carbons (Fsp3) is 0.0833. The Hall–Kier alpha value is -3.67. The van der Waals surface area contributed by atoms with Crippen molar-refractivity contribution in [3.63, 3.8) is 0 Å². The van der Waals surface area contributed by atoms with Gasteiger partial charge in [0.1, 0.15) is 17.3 Å². The van der Waals surface area contributed by atoms with Gasteiger partial charge in [-0.15, -0.1) is 11.3 Å². The van der Waals surface area contributed by atoms with Crippen LogP contribution in [0.2, 0.25) is 5.02 Å². The van der Waals surface area contributed by atoms with Crippen molar-refractivity contribution in [2.45, 2.75) is 0 Å². The summed E-state index contributed by atoms with van der Waals surface area (Å²) in [6, 6.07) is 14.0. The summed E-state index contributed by atoms with van der Waals surface area (Å²) in [6.45, 7) is 0. The molecule has 0 saturated heterocycles. The molecule has 0 radical (unpaired) electrons. The first kappa shape index (κ1) is 25.4. The molecule has 2 N–H and O–H groups in total. The highest BCUT2D eigenvalue weighted by atomic mass is 35.5. The predicted molar refractivity (Wildman–Crippen MR) is 140 cm³/mol. The molecule has 0 fully saturated rings. The minimum Gasteiger partial charge on any atom is -0.495 e. The van der Waals surface area contributed by atoms with Crippen LogP contribution in [0.3, 0.4) is 0 Å². The molecular weight excluding hydrogens is 527 g/mol. The molecule has 0 spiro atoms. The number of halogens is 2. The van der Waals surface area contributed by atoms with Crippen LogP contribution in [0.25, 0.3) is 6.08 Å². The Balaban J connectivity index is 1.49. The predicted octanol–water partition coefficient (Wildman–Crippen LogP) is 4.49. The fourth-order valence-electron chi connectivity index (χ4n) is 3.13. The third kappa shape index (κ3) is 5.76. The second kappa shape index (κ2) is 11.4. The Bertz CT molecular complexity index is 1380. The molecule has 12 heteroatoms. The Morgan fingerprint density at radius 2 is 2.00 bits per heavy atom. The zero-order valence-corrected chi connectivity index (χ0v) is 21.0. The second-order valence-electron chi connectivity index (χ2n) is 7.17. The summed E-state index contributed by atoms with van der Waals surface area (Å²) in [5, 5.41) is 2.43. The summed E-state index contributed by atoms with van der Waals surface area (Å²) >= 11 is 8.70. The number of thiophene rings is 1. The van der Waals surface area contributed by atoms with Gasteiger partial charge in [-0.05, 0) is 47.9 Å². The number of thioether (sulfide) groups is 1. The highest BCUT2D eigenvalue weighted by Crippen LogP contribution is 2.34. The molecule has 4 rings (SSSR count). The van der Waals surface area contributed by atoms with Crippen molar-refractivity contribution in [1.29, 1.82) is 0 Å². The van der Waals surface area contributed by atoms with E-state index in [1.165, 1.54) is 41.5 Å². The molecular formula is C24H18ClFN4O4S2. The molecule has 0 bridgehead atoms. The number of nitrogens with zero attached hydrogens (tertiary/aromatic N) is 2. The number of ether oxygens (including phenoxy) is 1. The van der Waals surface area contributed by atoms with Crippen molar-refractivity contribution in [1.82, 2.24) is 10.9 Å². The number of nitrogens with one attached hydrogen (secondary N) is 2. The number of amidine groups is 1. The van der Waals surface area contributed by atoms with Crippen LogP contribution in [-0.4, -0.2) is 35.8 Å². The van der Waals surface area contributed by atoms with E-state index in [2.05, 4.69) is 15.8 Å². The average molecular weight is 545 g/mol. The molecule has 0 aliphatic carbocycles. The largest absolute Gasteiger partial charge is 0.495 e. The summed E-state index contributed by atoms with van der Waals surface area (Å²) < 4.78 is 18.9. The Morgan fingerprint density at radius 3 is 2.69 bits per heavy atom. The zero-order chi connectivity index (χ0) is 25.7. The van der Waals surface area contributed by atoms with Gasteiger partial charge in [-0.2, -0.15) is 0 Å². The number of carbonyl (C=O) groups excluding carboxylic acids is 3. The van der Waals surface area contributed by atoms with E-state index in [0.717, 1.165) is 22.7 Å². The lowest BCUT2D eigenvalue weighted by atomic mass is 10.2. The Morgan fingerprint density at radius 1 is 1.19 bits per heavy atom. The van der Waals surface area contributed by atoms with E-state index in [1.54, 1.807) is 24.3 Å². The first-order valence-corrected chi connectivity index (χ1v) is 12.6. The van der Waals surface area contributed by atoms with E-state index in [4.69, 9.17) is 16.3 Å². The first-order chi connectivity index (χ1) is 17.4. The maximum atomic E-state index is 13.8. The van der Waals surface area contributed by atoms with E-state index in [-0.39, 0.29) is 28.1 Å². The molecule has 1 aliphatic rings. The maximum absolute atomic E-state index is 13.8. The Labute approximate surface area is 218 Å². The van der Waals surface area contributed by atoms with E-state index >= 15 is 0 Å². The van der Waals surface area contributed by atoms with Crippen molar-refractivity contribution in [2.24, 2.45) is 4.99 Å². The van der Waals surface area contributed by atoms with Crippen LogP contribution >= 0.6 is 34.7 Å². The number of rotatable bonds is 6. The molecule has 1 aliphatic heterocycles. The van der Waals surface area contributed by atoms with Crippen LogP contribution in [0, 0.1) is 5.82 Å². The van der Waals surface area contributed by atoms with Crippen LogP contribution in [0.4, 0.5) is 10.1 Å². The first-order valence-electron chi connectivity index (χ1n) is 10.4. The van der Waals surface area contributed by atoms with Crippen LogP contribution in [0.15, 0.2) is 70.7 Å². The van der Waals surface area contributed by atoms with Gasteiger partial charge in [0, 0.05) is 4.88 Å². The third-order valence-corrected chi connectivity index (χ3v) is 6.86. The monoisotopic (exact) mass is 544 g/mol. The summed E-state index contributed by atoms with van der Waals surface area (Å²) in [7, 11) is 1.48. The van der Waals surface area contributed by atoms with Crippen LogP contribution in [-0.2, 0) is 9.59 Å². The van der Waals surface area contributed by atoms with Gasteiger partial charge in [-0.1, -0.05) is 41.6 Å². The molecule has 0 saturated carbocycles. The summed E-state index contributed by atoms with van der Waals surface area (Å²) in [5.41, 5.74) is 4.84. The van der Waals surface area contributed by atoms with Crippen LogP contribution in [0.5, 0.6) is 5.75 Å². The molecule has 3 aromatic rings. The lowest BCUT2D eigenvalue weighted by Crippen LogP contribution is -2.43. The normalized spacial score (nSPS) is 14.1. The fourth-order valence-corrected chi connectivity index (χ4v) is 4.84. The van der Waals surface area contributed by atoms with E-state index in [0.29, 0.717) is 16.5 Å². The van der Waals surface area contributed by atoms with Gasteiger partial charge in [0.2, 0.25) is 5.91 Å². The molecule has 2 heterocycles. The number of hydrogen-bond donors (Lipinski definition) is 2.